The molecule has 160 valence electrons. The number of esters is 1. The van der Waals surface area contributed by atoms with E-state index in [9.17, 15) is 22.8 Å². The lowest BCUT2D eigenvalue weighted by Gasteiger charge is -2.23. The van der Waals surface area contributed by atoms with E-state index in [1.807, 2.05) is 12.1 Å². The lowest BCUT2D eigenvalue weighted by molar-refractivity contribution is -0.147. The molecule has 1 saturated heterocycles. The van der Waals surface area contributed by atoms with E-state index in [1.54, 1.807) is 19.1 Å². The number of amides is 2. The van der Waals surface area contributed by atoms with Crippen molar-refractivity contribution in [3.63, 3.8) is 0 Å². The highest BCUT2D eigenvalue weighted by molar-refractivity contribution is 7.91. The van der Waals surface area contributed by atoms with E-state index in [0.717, 1.165) is 5.56 Å². The van der Waals surface area contributed by atoms with Crippen LogP contribution >= 0.6 is 0 Å². The Morgan fingerprint density at radius 3 is 2.28 bits per heavy atom. The van der Waals surface area contributed by atoms with Crippen LogP contribution in [0, 0.1) is 0 Å². The normalized spacial score (nSPS) is 20.7. The highest BCUT2D eigenvalue weighted by Crippen LogP contribution is 2.23. The first-order chi connectivity index (χ1) is 13.3. The molecule has 0 aromatic heterocycles. The Hall–Kier alpha value is -2.42. The van der Waals surface area contributed by atoms with Crippen molar-refractivity contribution < 1.29 is 27.5 Å². The largest absolute Gasteiger partial charge is 0.454 e. The zero-order valence-electron chi connectivity index (χ0n) is 17.2. The average Bonchev–Trinajstić information content (AvgIpc) is 2.89. The number of ether oxygens (including phenoxy) is 1. The molecule has 0 saturated carbocycles. The number of hydrogen-bond donors (Lipinski definition) is 2. The van der Waals surface area contributed by atoms with Gasteiger partial charge in [0.1, 0.15) is 6.54 Å². The predicted octanol–water partition coefficient (Wildman–Crippen LogP) is 0.951. The van der Waals surface area contributed by atoms with E-state index in [2.05, 4.69) is 31.4 Å². The Kier molecular flexibility index (Phi) is 6.72. The molecule has 0 spiro atoms. The van der Waals surface area contributed by atoms with Crippen LogP contribution in [-0.4, -0.2) is 56.4 Å². The lowest BCUT2D eigenvalue weighted by atomic mass is 9.87. The Morgan fingerprint density at radius 2 is 1.76 bits per heavy atom. The number of hydrogen-bond acceptors (Lipinski definition) is 6. The third-order valence-corrected chi connectivity index (χ3v) is 6.62. The summed E-state index contributed by atoms with van der Waals surface area (Å²) in [5.74, 6) is -1.88. The number of sulfone groups is 1. The molecular formula is C20H28N2O6S. The molecule has 1 heterocycles. The van der Waals surface area contributed by atoms with Crippen molar-refractivity contribution in [1.29, 1.82) is 0 Å². The molecule has 9 heteroatoms. The van der Waals surface area contributed by atoms with Gasteiger partial charge in [-0.1, -0.05) is 32.9 Å². The first kappa shape index (κ1) is 22.9. The Morgan fingerprint density at radius 1 is 1.14 bits per heavy atom. The summed E-state index contributed by atoms with van der Waals surface area (Å²) >= 11 is 0. The molecule has 1 aromatic carbocycles. The minimum absolute atomic E-state index is 0.0202. The molecule has 29 heavy (non-hydrogen) atoms. The smallest absolute Gasteiger partial charge is 0.325 e. The van der Waals surface area contributed by atoms with E-state index < -0.39 is 39.8 Å². The number of rotatable bonds is 6. The van der Waals surface area contributed by atoms with Crippen LogP contribution in [0.5, 0.6) is 0 Å². The van der Waals surface area contributed by atoms with Crippen molar-refractivity contribution in [2.75, 3.05) is 24.7 Å². The highest BCUT2D eigenvalue weighted by Gasteiger charge is 2.39. The van der Waals surface area contributed by atoms with Crippen molar-refractivity contribution in [2.45, 2.75) is 45.1 Å². The summed E-state index contributed by atoms with van der Waals surface area (Å²) in [6.45, 7) is 6.94. The second-order valence-corrected chi connectivity index (χ2v) is 10.8. The van der Waals surface area contributed by atoms with Gasteiger partial charge in [0.2, 0.25) is 0 Å². The number of benzene rings is 1. The zero-order valence-corrected chi connectivity index (χ0v) is 18.0. The van der Waals surface area contributed by atoms with Gasteiger partial charge in [0.05, 0.1) is 17.0 Å². The first-order valence-corrected chi connectivity index (χ1v) is 11.2. The summed E-state index contributed by atoms with van der Waals surface area (Å²) < 4.78 is 27.9. The molecule has 0 unspecified atom stereocenters. The van der Waals surface area contributed by atoms with Crippen molar-refractivity contribution >= 4 is 27.6 Å². The summed E-state index contributed by atoms with van der Waals surface area (Å²) in [4.78, 5) is 35.8. The van der Waals surface area contributed by atoms with Gasteiger partial charge in [-0.05, 0) is 36.5 Å². The van der Waals surface area contributed by atoms with Crippen LogP contribution in [-0.2, 0) is 29.6 Å². The number of carbonyl (C=O) groups is 3. The molecule has 1 aliphatic heterocycles. The maximum Gasteiger partial charge on any atom is 0.325 e. The van der Waals surface area contributed by atoms with Gasteiger partial charge in [-0.15, -0.1) is 0 Å². The van der Waals surface area contributed by atoms with Crippen LogP contribution in [0.4, 0.5) is 0 Å². The van der Waals surface area contributed by atoms with Gasteiger partial charge in [-0.2, -0.15) is 0 Å². The lowest BCUT2D eigenvalue weighted by Crippen LogP contribution is -2.48. The fourth-order valence-corrected chi connectivity index (χ4v) is 5.15. The molecule has 2 amide bonds. The molecule has 1 aliphatic rings. The predicted molar refractivity (Wildman–Crippen MR) is 108 cm³/mol. The minimum atomic E-state index is -3.16. The van der Waals surface area contributed by atoms with Gasteiger partial charge in [0, 0.05) is 5.56 Å². The fourth-order valence-electron chi connectivity index (χ4n) is 3.05. The van der Waals surface area contributed by atoms with E-state index >= 15 is 0 Å². The summed E-state index contributed by atoms with van der Waals surface area (Å²) in [6.07, 6.45) is 0.319. The van der Waals surface area contributed by atoms with Gasteiger partial charge in [-0.25, -0.2) is 8.42 Å². The Balaban J connectivity index is 1.75. The van der Waals surface area contributed by atoms with Crippen LogP contribution in [0.15, 0.2) is 24.3 Å². The maximum atomic E-state index is 12.1. The molecule has 0 radical (unpaired) electrons. The molecule has 0 bridgehead atoms. The van der Waals surface area contributed by atoms with E-state index in [0.29, 0.717) is 12.0 Å². The van der Waals surface area contributed by atoms with Gasteiger partial charge in [-0.3, -0.25) is 14.4 Å². The van der Waals surface area contributed by atoms with Crippen molar-refractivity contribution in [2.24, 2.45) is 0 Å². The van der Waals surface area contributed by atoms with Crippen LogP contribution in [0.3, 0.4) is 0 Å². The second kappa shape index (κ2) is 8.52. The topological polar surface area (TPSA) is 119 Å². The molecule has 1 aromatic rings. The minimum Gasteiger partial charge on any atom is -0.454 e. The van der Waals surface area contributed by atoms with Gasteiger partial charge in [0.25, 0.3) is 11.8 Å². The molecular weight excluding hydrogens is 396 g/mol. The van der Waals surface area contributed by atoms with Crippen molar-refractivity contribution in [3.05, 3.63) is 35.4 Å². The summed E-state index contributed by atoms with van der Waals surface area (Å²) in [5.41, 5.74) is 0.622. The number of nitrogens with one attached hydrogen (secondary N) is 2. The third-order valence-electron chi connectivity index (χ3n) is 4.72. The zero-order chi connectivity index (χ0) is 21.9. The molecule has 2 rings (SSSR count). The van der Waals surface area contributed by atoms with Crippen LogP contribution < -0.4 is 10.6 Å². The SMILES string of the molecule is CC(C)(C)c1ccc(C(=O)NCC(=O)OCC(=O)N[C@@]2(C)CCS(=O)(=O)C2)cc1. The molecule has 0 aliphatic carbocycles. The third kappa shape index (κ3) is 6.85. The monoisotopic (exact) mass is 424 g/mol. The second-order valence-electron chi connectivity index (χ2n) is 8.62. The first-order valence-electron chi connectivity index (χ1n) is 9.35. The van der Waals surface area contributed by atoms with Crippen LogP contribution in [0.1, 0.15) is 50.0 Å². The van der Waals surface area contributed by atoms with Crippen LogP contribution in [0.2, 0.25) is 0 Å². The average molecular weight is 425 g/mol. The maximum absolute atomic E-state index is 12.1. The summed E-state index contributed by atoms with van der Waals surface area (Å²) in [6, 6.07) is 7.10. The quantitative estimate of drug-likeness (QED) is 0.657. The molecule has 1 atom stereocenters. The van der Waals surface area contributed by atoms with Gasteiger partial charge < -0.3 is 15.4 Å². The van der Waals surface area contributed by atoms with Gasteiger partial charge >= 0.3 is 5.97 Å². The van der Waals surface area contributed by atoms with E-state index in [4.69, 9.17) is 4.74 Å². The summed E-state index contributed by atoms with van der Waals surface area (Å²) in [5, 5.41) is 5.04. The number of carbonyl (C=O) groups excluding carboxylic acids is 3. The standard InChI is InChI=1S/C20H28N2O6S/c1-19(2,3)15-7-5-14(6-8-15)18(25)21-11-17(24)28-12-16(23)22-20(4)9-10-29(26,27)13-20/h5-8H,9-13H2,1-4H3,(H,21,25)(H,22,23)/t20-/m0/s1. The van der Waals surface area contributed by atoms with Crippen molar-refractivity contribution in [3.8, 4) is 0 Å². The fraction of sp³-hybridized carbons (Fsp3) is 0.550. The van der Waals surface area contributed by atoms with E-state index in [1.165, 1.54) is 0 Å². The highest BCUT2D eigenvalue weighted by atomic mass is 32.2. The van der Waals surface area contributed by atoms with Crippen molar-refractivity contribution in [1.82, 2.24) is 10.6 Å². The Labute approximate surface area is 171 Å². The molecule has 2 N–H and O–H groups in total. The Bertz CT molecular complexity index is 887. The molecule has 8 nitrogen and oxygen atoms in total. The van der Waals surface area contributed by atoms with Crippen LogP contribution in [0.25, 0.3) is 0 Å². The van der Waals surface area contributed by atoms with E-state index in [-0.39, 0.29) is 23.5 Å². The van der Waals surface area contributed by atoms with Gasteiger partial charge in [0.15, 0.2) is 16.4 Å². The summed E-state index contributed by atoms with van der Waals surface area (Å²) in [7, 11) is -3.16. The molecule has 1 fully saturated rings.